The summed E-state index contributed by atoms with van der Waals surface area (Å²) in [5, 5.41) is 2.32. The summed E-state index contributed by atoms with van der Waals surface area (Å²) in [4.78, 5) is 12.1. The zero-order chi connectivity index (χ0) is 12.4. The number of halogens is 3. The van der Waals surface area contributed by atoms with Crippen LogP contribution >= 0.6 is 27.3 Å². The maximum atomic E-state index is 13.3. The average molecular weight is 318 g/mol. The van der Waals surface area contributed by atoms with Crippen molar-refractivity contribution in [1.29, 1.82) is 0 Å². The molecule has 0 radical (unpaired) electrons. The summed E-state index contributed by atoms with van der Waals surface area (Å²) in [6, 6.07) is 6.94. The number of anilines is 1. The Hall–Kier alpha value is -1.27. The van der Waals surface area contributed by atoms with E-state index in [2.05, 4.69) is 21.2 Å². The minimum atomic E-state index is -1.06. The number of amides is 1. The Balaban J connectivity index is 2.21. The van der Waals surface area contributed by atoms with E-state index in [4.69, 9.17) is 0 Å². The Morgan fingerprint density at radius 2 is 2.00 bits per heavy atom. The van der Waals surface area contributed by atoms with Gasteiger partial charge in [0.15, 0.2) is 11.6 Å². The molecule has 2 aromatic rings. The van der Waals surface area contributed by atoms with Crippen molar-refractivity contribution in [1.82, 2.24) is 0 Å². The van der Waals surface area contributed by atoms with Gasteiger partial charge in [-0.15, -0.1) is 11.3 Å². The maximum Gasteiger partial charge on any atom is 0.265 e. The van der Waals surface area contributed by atoms with Gasteiger partial charge in [-0.1, -0.05) is 6.07 Å². The van der Waals surface area contributed by atoms with E-state index < -0.39 is 17.5 Å². The van der Waals surface area contributed by atoms with Gasteiger partial charge in [-0.05, 0) is 40.2 Å². The van der Waals surface area contributed by atoms with E-state index in [1.807, 2.05) is 0 Å². The zero-order valence-corrected chi connectivity index (χ0v) is 10.7. The lowest BCUT2D eigenvalue weighted by molar-refractivity contribution is 0.103. The second kappa shape index (κ2) is 4.93. The number of hydrogen-bond acceptors (Lipinski definition) is 2. The highest BCUT2D eigenvalue weighted by Gasteiger charge is 2.13. The number of carbonyl (C=O) groups excluding carboxylic acids is 1. The van der Waals surface area contributed by atoms with Crippen LogP contribution < -0.4 is 5.32 Å². The van der Waals surface area contributed by atoms with Crippen molar-refractivity contribution in [3.05, 3.63) is 50.6 Å². The van der Waals surface area contributed by atoms with Crippen molar-refractivity contribution in [2.75, 3.05) is 5.32 Å². The van der Waals surface area contributed by atoms with Crippen LogP contribution in [0.4, 0.5) is 14.5 Å². The smallest absolute Gasteiger partial charge is 0.265 e. The molecular weight excluding hydrogens is 312 g/mol. The van der Waals surface area contributed by atoms with Crippen LogP contribution in [0.1, 0.15) is 9.67 Å². The van der Waals surface area contributed by atoms with Gasteiger partial charge >= 0.3 is 0 Å². The fourth-order valence-corrected chi connectivity index (χ4v) is 2.50. The van der Waals surface area contributed by atoms with E-state index in [1.54, 1.807) is 12.1 Å². The number of thiophene rings is 1. The molecule has 0 saturated carbocycles. The Bertz CT molecular complexity index is 570. The maximum absolute atomic E-state index is 13.3. The van der Waals surface area contributed by atoms with Crippen molar-refractivity contribution in [2.45, 2.75) is 0 Å². The second-order valence-electron chi connectivity index (χ2n) is 3.16. The highest BCUT2D eigenvalue weighted by Crippen LogP contribution is 2.24. The Kier molecular flexibility index (Phi) is 3.54. The fraction of sp³-hybridized carbons (Fsp3) is 0. The third-order valence-corrected chi connectivity index (χ3v) is 3.62. The van der Waals surface area contributed by atoms with Crippen molar-refractivity contribution < 1.29 is 13.6 Å². The molecule has 88 valence electrons. The molecule has 0 aliphatic carbocycles. The SMILES string of the molecule is O=C(Nc1cccc(F)c1F)c1ccc(Br)s1. The average Bonchev–Trinajstić information content (AvgIpc) is 2.72. The number of hydrogen-bond donors (Lipinski definition) is 1. The lowest BCUT2D eigenvalue weighted by Gasteiger charge is -2.04. The van der Waals surface area contributed by atoms with Gasteiger partial charge in [-0.3, -0.25) is 4.79 Å². The summed E-state index contributed by atoms with van der Waals surface area (Å²) in [6.07, 6.45) is 0. The highest BCUT2D eigenvalue weighted by molar-refractivity contribution is 9.11. The molecule has 0 atom stereocenters. The first-order chi connectivity index (χ1) is 8.08. The third-order valence-electron chi connectivity index (χ3n) is 2.00. The summed E-state index contributed by atoms with van der Waals surface area (Å²) >= 11 is 4.43. The minimum Gasteiger partial charge on any atom is -0.319 e. The molecule has 0 spiro atoms. The summed E-state index contributed by atoms with van der Waals surface area (Å²) in [5.74, 6) is -2.52. The standard InChI is InChI=1S/C11H6BrF2NOS/c12-9-5-4-8(17-9)11(16)15-7-3-1-2-6(13)10(7)14/h1-5H,(H,15,16). The van der Waals surface area contributed by atoms with Crippen LogP contribution in [0.25, 0.3) is 0 Å². The molecule has 1 N–H and O–H groups in total. The molecule has 0 saturated heterocycles. The summed E-state index contributed by atoms with van der Waals surface area (Å²) in [5.41, 5.74) is -0.167. The molecule has 0 aliphatic rings. The van der Waals surface area contributed by atoms with Gasteiger partial charge in [-0.2, -0.15) is 0 Å². The van der Waals surface area contributed by atoms with Gasteiger partial charge in [0.05, 0.1) is 14.4 Å². The molecule has 1 heterocycles. The van der Waals surface area contributed by atoms with Crippen LogP contribution in [0.15, 0.2) is 34.1 Å². The van der Waals surface area contributed by atoms with Crippen molar-refractivity contribution >= 4 is 38.9 Å². The Morgan fingerprint density at radius 1 is 1.24 bits per heavy atom. The van der Waals surface area contributed by atoms with Crippen molar-refractivity contribution in [3.8, 4) is 0 Å². The number of carbonyl (C=O) groups is 1. The molecule has 0 aliphatic heterocycles. The van der Waals surface area contributed by atoms with E-state index in [1.165, 1.54) is 23.5 Å². The molecule has 0 fully saturated rings. The Morgan fingerprint density at radius 3 is 2.65 bits per heavy atom. The van der Waals surface area contributed by atoms with Crippen LogP contribution in [0.2, 0.25) is 0 Å². The molecule has 0 bridgehead atoms. The van der Waals surface area contributed by atoms with Gasteiger partial charge in [0.1, 0.15) is 0 Å². The monoisotopic (exact) mass is 317 g/mol. The lowest BCUT2D eigenvalue weighted by Crippen LogP contribution is -2.11. The van der Waals surface area contributed by atoms with E-state index in [0.717, 1.165) is 9.85 Å². The van der Waals surface area contributed by atoms with Crippen LogP contribution in [-0.4, -0.2) is 5.91 Å². The van der Waals surface area contributed by atoms with Gasteiger partial charge in [0, 0.05) is 0 Å². The van der Waals surface area contributed by atoms with Crippen LogP contribution in [0.5, 0.6) is 0 Å². The van der Waals surface area contributed by atoms with Crippen LogP contribution in [0, 0.1) is 11.6 Å². The van der Waals surface area contributed by atoms with Gasteiger partial charge in [0.2, 0.25) is 0 Å². The van der Waals surface area contributed by atoms with E-state index in [0.29, 0.717) is 4.88 Å². The first-order valence-electron chi connectivity index (χ1n) is 4.58. The van der Waals surface area contributed by atoms with Crippen molar-refractivity contribution in [2.24, 2.45) is 0 Å². The van der Waals surface area contributed by atoms with E-state index in [9.17, 15) is 13.6 Å². The van der Waals surface area contributed by atoms with E-state index >= 15 is 0 Å². The number of benzene rings is 1. The highest BCUT2D eigenvalue weighted by atomic mass is 79.9. The molecule has 1 aromatic heterocycles. The quantitative estimate of drug-likeness (QED) is 0.889. The predicted octanol–water partition coefficient (Wildman–Crippen LogP) is 4.04. The van der Waals surface area contributed by atoms with E-state index in [-0.39, 0.29) is 5.69 Å². The second-order valence-corrected chi connectivity index (χ2v) is 5.62. The minimum absolute atomic E-state index is 0.167. The summed E-state index contributed by atoms with van der Waals surface area (Å²) in [6.45, 7) is 0. The van der Waals surface area contributed by atoms with Crippen LogP contribution in [-0.2, 0) is 0 Å². The molecule has 1 aromatic carbocycles. The summed E-state index contributed by atoms with van der Waals surface area (Å²) in [7, 11) is 0. The molecule has 2 nitrogen and oxygen atoms in total. The molecule has 1 amide bonds. The molecule has 2 rings (SSSR count). The predicted molar refractivity (Wildman–Crippen MR) is 66.3 cm³/mol. The molecular formula is C11H6BrF2NOS. The summed E-state index contributed by atoms with van der Waals surface area (Å²) < 4.78 is 27.0. The fourth-order valence-electron chi connectivity index (χ4n) is 1.22. The lowest BCUT2D eigenvalue weighted by atomic mass is 10.3. The first kappa shape index (κ1) is 12.2. The van der Waals surface area contributed by atoms with Crippen molar-refractivity contribution in [3.63, 3.8) is 0 Å². The Labute approximate surface area is 108 Å². The van der Waals surface area contributed by atoms with Gasteiger partial charge in [-0.25, -0.2) is 8.78 Å². The number of nitrogens with one attached hydrogen (secondary N) is 1. The van der Waals surface area contributed by atoms with Gasteiger partial charge in [0.25, 0.3) is 5.91 Å². The molecule has 17 heavy (non-hydrogen) atoms. The first-order valence-corrected chi connectivity index (χ1v) is 6.19. The third kappa shape index (κ3) is 2.70. The van der Waals surface area contributed by atoms with Gasteiger partial charge < -0.3 is 5.32 Å². The molecule has 0 unspecified atom stereocenters. The molecule has 6 heteroatoms. The zero-order valence-electron chi connectivity index (χ0n) is 8.34. The number of rotatable bonds is 2. The van der Waals surface area contributed by atoms with Crippen LogP contribution in [0.3, 0.4) is 0 Å². The topological polar surface area (TPSA) is 29.1 Å². The largest absolute Gasteiger partial charge is 0.319 e. The normalized spacial score (nSPS) is 10.3.